The molecule has 0 saturated carbocycles. The lowest BCUT2D eigenvalue weighted by atomic mass is 9.85. The zero-order valence-electron chi connectivity index (χ0n) is 18.1. The van der Waals surface area contributed by atoms with Gasteiger partial charge < -0.3 is 10.1 Å². The fourth-order valence-electron chi connectivity index (χ4n) is 3.17. The van der Waals surface area contributed by atoms with E-state index < -0.39 is 61.4 Å². The van der Waals surface area contributed by atoms with Crippen molar-refractivity contribution in [2.24, 2.45) is 5.41 Å². The number of alkyl carbamates (subject to hydrolysis) is 1. The van der Waals surface area contributed by atoms with Gasteiger partial charge in [0.05, 0.1) is 11.8 Å². The van der Waals surface area contributed by atoms with E-state index >= 15 is 4.39 Å². The number of nitrogens with one attached hydrogen (secondary N) is 1. The van der Waals surface area contributed by atoms with Crippen LogP contribution in [-0.2, 0) is 14.8 Å². The number of hydrogen-bond acceptors (Lipinski definition) is 6. The molecule has 1 unspecified atom stereocenters. The van der Waals surface area contributed by atoms with E-state index in [1.807, 2.05) is 0 Å². The summed E-state index contributed by atoms with van der Waals surface area (Å²) in [6.07, 6.45) is 1.53. The number of amides is 1. The molecule has 0 spiro atoms. The zero-order valence-corrected chi connectivity index (χ0v) is 19.0. The molecule has 12 heteroatoms. The van der Waals surface area contributed by atoms with Gasteiger partial charge in [-0.2, -0.15) is 4.39 Å². The summed E-state index contributed by atoms with van der Waals surface area (Å²) < 4.78 is 76.6. The van der Waals surface area contributed by atoms with Crippen LogP contribution in [0, 0.1) is 23.0 Å². The van der Waals surface area contributed by atoms with Gasteiger partial charge in [-0.3, -0.25) is 4.98 Å². The minimum absolute atomic E-state index is 0.322. The van der Waals surface area contributed by atoms with Crippen molar-refractivity contribution >= 4 is 16.1 Å². The van der Waals surface area contributed by atoms with Gasteiger partial charge in [-0.15, -0.1) is 0 Å². The molecule has 0 saturated heterocycles. The fourth-order valence-corrected chi connectivity index (χ4v) is 4.53. The Kier molecular flexibility index (Phi) is 6.50. The van der Waals surface area contributed by atoms with Gasteiger partial charge >= 0.3 is 6.09 Å². The molecule has 33 heavy (non-hydrogen) atoms. The predicted octanol–water partition coefficient (Wildman–Crippen LogP) is 4.04. The van der Waals surface area contributed by atoms with Crippen molar-refractivity contribution in [2.45, 2.75) is 31.8 Å². The lowest BCUT2D eigenvalue weighted by Crippen LogP contribution is -2.29. The molecule has 0 aliphatic carbocycles. The summed E-state index contributed by atoms with van der Waals surface area (Å²) in [5.41, 5.74) is -2.36. The summed E-state index contributed by atoms with van der Waals surface area (Å²) in [5.74, 6) is -3.21. The third-order valence-corrected chi connectivity index (χ3v) is 6.31. The molecule has 0 bridgehead atoms. The van der Waals surface area contributed by atoms with Crippen LogP contribution in [0.5, 0.6) is 0 Å². The summed E-state index contributed by atoms with van der Waals surface area (Å²) >= 11 is 0. The van der Waals surface area contributed by atoms with Crippen molar-refractivity contribution in [1.82, 2.24) is 19.3 Å². The summed E-state index contributed by atoms with van der Waals surface area (Å²) in [7, 11) is -3.34. The molecular formula is C21H21F3N4O4S. The Bertz CT molecular complexity index is 1300. The van der Waals surface area contributed by atoms with Crippen LogP contribution >= 0.6 is 0 Å². The minimum Gasteiger partial charge on any atom is -0.441 e. The second-order valence-corrected chi connectivity index (χ2v) is 9.94. The highest BCUT2D eigenvalue weighted by atomic mass is 32.2. The number of hydrogen-bond donors (Lipinski definition) is 1. The molecule has 0 aromatic carbocycles. The molecule has 1 atom stereocenters. The number of carbonyl (C=O) groups excluding carboxylic acids is 1. The van der Waals surface area contributed by atoms with Crippen LogP contribution in [0.3, 0.4) is 0 Å². The number of carbonyl (C=O) groups is 1. The van der Waals surface area contributed by atoms with Crippen LogP contribution in [0.1, 0.15) is 32.4 Å². The van der Waals surface area contributed by atoms with E-state index in [9.17, 15) is 22.0 Å². The number of nitrogens with zero attached hydrogens (tertiary/aromatic N) is 3. The van der Waals surface area contributed by atoms with Gasteiger partial charge in [0, 0.05) is 36.6 Å². The van der Waals surface area contributed by atoms with Crippen molar-refractivity contribution in [3.05, 3.63) is 66.1 Å². The average molecular weight is 482 g/mol. The Hall–Kier alpha value is -3.41. The van der Waals surface area contributed by atoms with Crippen molar-refractivity contribution in [3.63, 3.8) is 0 Å². The zero-order chi connectivity index (χ0) is 24.6. The first-order valence-corrected chi connectivity index (χ1v) is 11.1. The molecular weight excluding hydrogens is 461 g/mol. The van der Waals surface area contributed by atoms with Crippen LogP contribution in [0.25, 0.3) is 11.3 Å². The summed E-state index contributed by atoms with van der Waals surface area (Å²) in [4.78, 5) is 18.3. The molecule has 3 aromatic heterocycles. The first-order chi connectivity index (χ1) is 15.4. The van der Waals surface area contributed by atoms with E-state index in [2.05, 4.69) is 15.3 Å². The van der Waals surface area contributed by atoms with Gasteiger partial charge in [0.15, 0.2) is 5.82 Å². The average Bonchev–Trinajstić information content (AvgIpc) is 3.08. The molecule has 176 valence electrons. The molecule has 0 fully saturated rings. The number of rotatable bonds is 5. The Balaban J connectivity index is 2.36. The quantitative estimate of drug-likeness (QED) is 0.551. The Morgan fingerprint density at radius 2 is 1.91 bits per heavy atom. The molecule has 0 radical (unpaired) electrons. The van der Waals surface area contributed by atoms with Crippen LogP contribution in [-0.4, -0.2) is 35.5 Å². The standard InChI is InChI=1S/C21H21F3N4O4S/c1-21(2,3)18(32-20(29)25-4)15-11-28(33(30,31)13-8-12(22)9-26-10-13)17(16(15)23)14-6-5-7-27-19(14)24/h5-11,18H,1-4H3,(H,25,29). The molecule has 0 aliphatic heterocycles. The fraction of sp³-hybridized carbons (Fsp3) is 0.286. The highest BCUT2D eigenvalue weighted by Crippen LogP contribution is 2.42. The van der Waals surface area contributed by atoms with Crippen molar-refractivity contribution in [3.8, 4) is 11.3 Å². The number of ether oxygens (including phenoxy) is 1. The number of aromatic nitrogens is 3. The Morgan fingerprint density at radius 3 is 2.48 bits per heavy atom. The Morgan fingerprint density at radius 1 is 1.21 bits per heavy atom. The second kappa shape index (κ2) is 8.85. The van der Waals surface area contributed by atoms with Gasteiger partial charge in [-0.05, 0) is 18.2 Å². The number of halogens is 3. The van der Waals surface area contributed by atoms with Crippen LogP contribution in [0.2, 0.25) is 0 Å². The maximum Gasteiger partial charge on any atom is 0.407 e. The molecule has 3 heterocycles. The van der Waals surface area contributed by atoms with Gasteiger partial charge in [-0.1, -0.05) is 20.8 Å². The highest BCUT2D eigenvalue weighted by molar-refractivity contribution is 7.90. The van der Waals surface area contributed by atoms with Crippen molar-refractivity contribution in [2.75, 3.05) is 7.05 Å². The molecule has 3 aromatic rings. The molecule has 8 nitrogen and oxygen atoms in total. The van der Waals surface area contributed by atoms with Gasteiger partial charge in [0.25, 0.3) is 10.0 Å². The van der Waals surface area contributed by atoms with E-state index in [1.54, 1.807) is 20.8 Å². The van der Waals surface area contributed by atoms with Gasteiger partial charge in [0.2, 0.25) is 5.95 Å². The minimum atomic E-state index is -4.65. The van der Waals surface area contributed by atoms with Crippen LogP contribution < -0.4 is 5.32 Å². The second-order valence-electron chi connectivity index (χ2n) is 8.13. The highest BCUT2D eigenvalue weighted by Gasteiger charge is 2.38. The summed E-state index contributed by atoms with van der Waals surface area (Å²) in [6, 6.07) is 3.14. The normalized spacial score (nSPS) is 12.9. The third-order valence-electron chi connectivity index (χ3n) is 4.69. The lowest BCUT2D eigenvalue weighted by Gasteiger charge is -2.29. The first-order valence-electron chi connectivity index (χ1n) is 9.64. The van der Waals surface area contributed by atoms with E-state index in [-0.39, 0.29) is 5.56 Å². The van der Waals surface area contributed by atoms with E-state index in [4.69, 9.17) is 4.74 Å². The lowest BCUT2D eigenvalue weighted by molar-refractivity contribution is 0.0294. The van der Waals surface area contributed by atoms with E-state index in [0.717, 1.165) is 30.9 Å². The summed E-state index contributed by atoms with van der Waals surface area (Å²) in [6.45, 7) is 4.94. The van der Waals surface area contributed by atoms with Crippen LogP contribution in [0.4, 0.5) is 18.0 Å². The predicted molar refractivity (Wildman–Crippen MR) is 112 cm³/mol. The molecule has 3 rings (SSSR count). The van der Waals surface area contributed by atoms with Crippen molar-refractivity contribution in [1.29, 1.82) is 0 Å². The molecule has 1 amide bonds. The first kappa shape index (κ1) is 24.2. The number of pyridine rings is 2. The monoisotopic (exact) mass is 482 g/mol. The van der Waals surface area contributed by atoms with Gasteiger partial charge in [0.1, 0.15) is 22.5 Å². The Labute approximate surface area is 188 Å². The molecule has 0 aliphatic rings. The smallest absolute Gasteiger partial charge is 0.407 e. The maximum absolute atomic E-state index is 15.8. The summed E-state index contributed by atoms with van der Waals surface area (Å²) in [5, 5.41) is 2.25. The van der Waals surface area contributed by atoms with Crippen LogP contribution in [0.15, 0.2) is 47.9 Å². The maximum atomic E-state index is 15.8. The topological polar surface area (TPSA) is 103 Å². The largest absolute Gasteiger partial charge is 0.441 e. The van der Waals surface area contributed by atoms with Gasteiger partial charge in [-0.25, -0.2) is 30.9 Å². The van der Waals surface area contributed by atoms with E-state index in [0.29, 0.717) is 10.0 Å². The van der Waals surface area contributed by atoms with Crippen molar-refractivity contribution < 1.29 is 31.1 Å². The van der Waals surface area contributed by atoms with E-state index in [1.165, 1.54) is 13.1 Å². The SMILES string of the molecule is CNC(=O)OC(c1cn(S(=O)(=O)c2cncc(F)c2)c(-c2cccnc2F)c1F)C(C)(C)C. The molecule has 1 N–H and O–H groups in total. The third kappa shape index (κ3) is 4.70.